The minimum absolute atomic E-state index is 0.186. The van der Waals surface area contributed by atoms with Gasteiger partial charge in [0.05, 0.1) is 5.56 Å². The zero-order valence-electron chi connectivity index (χ0n) is 12.7. The van der Waals surface area contributed by atoms with Crippen molar-refractivity contribution in [2.24, 2.45) is 5.92 Å². The third-order valence-electron chi connectivity index (χ3n) is 4.61. The Morgan fingerprint density at radius 1 is 1.24 bits per heavy atom. The minimum atomic E-state index is 0.186. The molecular weight excluding hydrogens is 264 g/mol. The minimum Gasteiger partial charge on any atom is -0.507 e. The van der Waals surface area contributed by atoms with Crippen LogP contribution in [-0.2, 0) is 0 Å². The second-order valence-corrected chi connectivity index (χ2v) is 6.10. The number of aryl methyl sites for hydroxylation is 1. The lowest BCUT2D eigenvalue weighted by Crippen LogP contribution is -2.13. The Balaban J connectivity index is 1.79. The Labute approximate surface area is 125 Å². The van der Waals surface area contributed by atoms with Crippen LogP contribution in [0.5, 0.6) is 5.75 Å². The molecule has 1 aromatic carbocycles. The van der Waals surface area contributed by atoms with Crippen molar-refractivity contribution in [3.8, 4) is 17.2 Å². The van der Waals surface area contributed by atoms with Crippen molar-refractivity contribution in [3.05, 3.63) is 29.6 Å². The molecule has 0 unspecified atom stereocenters. The number of aromatic nitrogens is 2. The Hall–Kier alpha value is -1.84. The molecule has 1 aliphatic carbocycles. The highest BCUT2D eigenvalue weighted by Crippen LogP contribution is 2.37. The molecule has 21 heavy (non-hydrogen) atoms. The predicted octanol–water partition coefficient (Wildman–Crippen LogP) is 4.43. The zero-order valence-corrected chi connectivity index (χ0v) is 12.7. The van der Waals surface area contributed by atoms with Crippen LogP contribution in [0.25, 0.3) is 11.5 Å². The molecule has 3 rings (SSSR count). The number of hydrogen-bond acceptors (Lipinski definition) is 4. The van der Waals surface area contributed by atoms with Crippen molar-refractivity contribution in [3.63, 3.8) is 0 Å². The maximum absolute atomic E-state index is 9.95. The van der Waals surface area contributed by atoms with Crippen molar-refractivity contribution in [1.29, 1.82) is 0 Å². The highest BCUT2D eigenvalue weighted by Gasteiger charge is 2.25. The van der Waals surface area contributed by atoms with Gasteiger partial charge in [-0.2, -0.15) is 4.98 Å². The molecule has 0 spiro atoms. The molecule has 4 heteroatoms. The highest BCUT2D eigenvalue weighted by atomic mass is 16.5. The molecule has 1 N–H and O–H groups in total. The van der Waals surface area contributed by atoms with Gasteiger partial charge in [0.25, 0.3) is 5.89 Å². The van der Waals surface area contributed by atoms with Gasteiger partial charge in [-0.3, -0.25) is 0 Å². The first-order chi connectivity index (χ1) is 10.2. The Bertz CT molecular complexity index is 613. The van der Waals surface area contributed by atoms with E-state index in [0.29, 0.717) is 17.4 Å². The predicted molar refractivity (Wildman–Crippen MR) is 81.1 cm³/mol. The lowest BCUT2D eigenvalue weighted by molar-refractivity contribution is 0.305. The SMILES string of the molecule is CCC1CCC(c2noc(-c3cc(C)ccc3O)n2)CC1. The Kier molecular flexibility index (Phi) is 3.95. The molecule has 0 atom stereocenters. The fourth-order valence-corrected chi connectivity index (χ4v) is 3.16. The molecule has 0 radical (unpaired) electrons. The second-order valence-electron chi connectivity index (χ2n) is 6.10. The van der Waals surface area contributed by atoms with Gasteiger partial charge in [0.2, 0.25) is 0 Å². The van der Waals surface area contributed by atoms with Gasteiger partial charge in [-0.05, 0) is 50.7 Å². The van der Waals surface area contributed by atoms with Crippen LogP contribution in [-0.4, -0.2) is 15.2 Å². The fraction of sp³-hybridized carbons (Fsp3) is 0.529. The summed E-state index contributed by atoms with van der Waals surface area (Å²) in [6.45, 7) is 4.24. The van der Waals surface area contributed by atoms with Crippen LogP contribution in [0.3, 0.4) is 0 Å². The van der Waals surface area contributed by atoms with Crippen LogP contribution in [0.1, 0.15) is 56.3 Å². The van der Waals surface area contributed by atoms with E-state index >= 15 is 0 Å². The van der Waals surface area contributed by atoms with Crippen molar-refractivity contribution >= 4 is 0 Å². The molecule has 1 fully saturated rings. The summed E-state index contributed by atoms with van der Waals surface area (Å²) < 4.78 is 5.37. The summed E-state index contributed by atoms with van der Waals surface area (Å²) >= 11 is 0. The van der Waals surface area contributed by atoms with Crippen LogP contribution in [0.15, 0.2) is 22.7 Å². The van der Waals surface area contributed by atoms with E-state index in [9.17, 15) is 5.11 Å². The van der Waals surface area contributed by atoms with Gasteiger partial charge < -0.3 is 9.63 Å². The lowest BCUT2D eigenvalue weighted by Gasteiger charge is -2.25. The van der Waals surface area contributed by atoms with Gasteiger partial charge in [-0.25, -0.2) is 0 Å². The van der Waals surface area contributed by atoms with Crippen LogP contribution < -0.4 is 0 Å². The van der Waals surface area contributed by atoms with Crippen molar-refractivity contribution in [1.82, 2.24) is 10.1 Å². The van der Waals surface area contributed by atoms with Crippen molar-refractivity contribution in [2.45, 2.75) is 51.9 Å². The van der Waals surface area contributed by atoms with E-state index in [1.807, 2.05) is 19.1 Å². The normalized spacial score (nSPS) is 22.4. The molecule has 1 aromatic heterocycles. The third kappa shape index (κ3) is 2.94. The topological polar surface area (TPSA) is 59.2 Å². The van der Waals surface area contributed by atoms with Gasteiger partial charge in [0.15, 0.2) is 5.82 Å². The maximum atomic E-state index is 9.95. The standard InChI is InChI=1S/C17H22N2O2/c1-3-12-5-7-13(8-6-12)16-18-17(21-19-16)14-10-11(2)4-9-15(14)20/h4,9-10,12-13,20H,3,5-8H2,1-2H3. The summed E-state index contributed by atoms with van der Waals surface area (Å²) in [5.41, 5.74) is 1.68. The molecule has 4 nitrogen and oxygen atoms in total. The Morgan fingerprint density at radius 3 is 2.71 bits per heavy atom. The number of phenols is 1. The molecular formula is C17H22N2O2. The van der Waals surface area contributed by atoms with Gasteiger partial charge in [-0.15, -0.1) is 0 Å². The zero-order chi connectivity index (χ0) is 14.8. The van der Waals surface area contributed by atoms with Crippen LogP contribution in [0, 0.1) is 12.8 Å². The summed E-state index contributed by atoms with van der Waals surface area (Å²) in [5, 5.41) is 14.1. The molecule has 1 heterocycles. The molecule has 0 saturated heterocycles. The fourth-order valence-electron chi connectivity index (χ4n) is 3.16. The van der Waals surface area contributed by atoms with Gasteiger partial charge in [0, 0.05) is 5.92 Å². The van der Waals surface area contributed by atoms with Gasteiger partial charge >= 0.3 is 0 Å². The largest absolute Gasteiger partial charge is 0.507 e. The molecule has 2 aromatic rings. The molecule has 0 aliphatic heterocycles. The summed E-state index contributed by atoms with van der Waals surface area (Å²) in [4.78, 5) is 4.52. The molecule has 0 amide bonds. The first-order valence-corrected chi connectivity index (χ1v) is 7.81. The average molecular weight is 286 g/mol. The highest BCUT2D eigenvalue weighted by molar-refractivity contribution is 5.63. The average Bonchev–Trinajstić information content (AvgIpc) is 2.99. The number of nitrogens with zero attached hydrogens (tertiary/aromatic N) is 2. The van der Waals surface area contributed by atoms with E-state index in [2.05, 4.69) is 17.1 Å². The second kappa shape index (κ2) is 5.88. The van der Waals surface area contributed by atoms with E-state index in [-0.39, 0.29) is 5.75 Å². The molecule has 112 valence electrons. The molecule has 1 aliphatic rings. The molecule has 0 bridgehead atoms. The number of benzene rings is 1. The summed E-state index contributed by atoms with van der Waals surface area (Å²) in [6, 6.07) is 5.41. The summed E-state index contributed by atoms with van der Waals surface area (Å²) in [5.74, 6) is 2.65. The third-order valence-corrected chi connectivity index (χ3v) is 4.61. The summed E-state index contributed by atoms with van der Waals surface area (Å²) in [7, 11) is 0. The number of aromatic hydroxyl groups is 1. The quantitative estimate of drug-likeness (QED) is 0.906. The van der Waals surface area contributed by atoms with Gasteiger partial charge in [-0.1, -0.05) is 30.1 Å². The van der Waals surface area contributed by atoms with E-state index < -0.39 is 0 Å². The number of phenolic OH excluding ortho intramolecular Hbond substituents is 1. The van der Waals surface area contributed by atoms with Crippen LogP contribution in [0.4, 0.5) is 0 Å². The number of rotatable bonds is 3. The Morgan fingerprint density at radius 2 is 2.00 bits per heavy atom. The number of hydrogen-bond donors (Lipinski definition) is 1. The smallest absolute Gasteiger partial charge is 0.261 e. The van der Waals surface area contributed by atoms with E-state index in [1.165, 1.54) is 19.3 Å². The van der Waals surface area contributed by atoms with E-state index in [0.717, 1.165) is 30.1 Å². The first-order valence-electron chi connectivity index (χ1n) is 7.81. The first kappa shape index (κ1) is 14.1. The van der Waals surface area contributed by atoms with E-state index in [1.54, 1.807) is 6.07 Å². The van der Waals surface area contributed by atoms with Crippen molar-refractivity contribution in [2.75, 3.05) is 0 Å². The summed E-state index contributed by atoms with van der Waals surface area (Å²) in [6.07, 6.45) is 6.04. The maximum Gasteiger partial charge on any atom is 0.261 e. The lowest BCUT2D eigenvalue weighted by atomic mass is 9.80. The van der Waals surface area contributed by atoms with Crippen molar-refractivity contribution < 1.29 is 9.63 Å². The monoisotopic (exact) mass is 286 g/mol. The van der Waals surface area contributed by atoms with Crippen LogP contribution in [0.2, 0.25) is 0 Å². The molecule has 1 saturated carbocycles. The van der Waals surface area contributed by atoms with E-state index in [4.69, 9.17) is 4.52 Å². The van der Waals surface area contributed by atoms with Crippen LogP contribution >= 0.6 is 0 Å². The van der Waals surface area contributed by atoms with Gasteiger partial charge in [0.1, 0.15) is 5.75 Å².